The molecule has 0 amide bonds. The largest absolute Gasteiger partial charge is 0.367 e. The Morgan fingerprint density at radius 3 is 2.96 bits per heavy atom. The van der Waals surface area contributed by atoms with Gasteiger partial charge in [-0.05, 0) is 31.3 Å². The molecular weight excluding hydrogens is 367 g/mol. The van der Waals surface area contributed by atoms with Gasteiger partial charge in [0.25, 0.3) is 0 Å². The summed E-state index contributed by atoms with van der Waals surface area (Å²) in [6.07, 6.45) is 9.30. The van der Waals surface area contributed by atoms with Crippen molar-refractivity contribution in [3.63, 3.8) is 0 Å². The van der Waals surface area contributed by atoms with Crippen molar-refractivity contribution in [2.24, 2.45) is 10.9 Å². The summed E-state index contributed by atoms with van der Waals surface area (Å²) >= 11 is 6.13. The molecule has 4 heterocycles. The first kappa shape index (κ1) is 17.1. The average molecular weight is 391 g/mol. The Morgan fingerprint density at radius 2 is 2.11 bits per heavy atom. The van der Waals surface area contributed by atoms with E-state index in [2.05, 4.69) is 31.2 Å². The third-order valence-corrected chi connectivity index (χ3v) is 5.89. The molecule has 6 nitrogen and oxygen atoms in total. The Labute approximate surface area is 163 Å². The fourth-order valence-electron chi connectivity index (χ4n) is 4.05. The summed E-state index contributed by atoms with van der Waals surface area (Å²) in [6, 6.07) is 0.254. The van der Waals surface area contributed by atoms with Crippen molar-refractivity contribution >= 4 is 17.4 Å². The maximum atomic E-state index is 14.4. The molecule has 1 saturated carbocycles. The molecule has 144 valence electrons. The highest BCUT2D eigenvalue weighted by Gasteiger charge is 2.32. The van der Waals surface area contributed by atoms with Crippen LogP contribution < -0.4 is 21.3 Å². The fourth-order valence-corrected chi connectivity index (χ4v) is 4.23. The van der Waals surface area contributed by atoms with Gasteiger partial charge < -0.3 is 26.2 Å². The number of aliphatic imine (C=N–C) groups is 1. The Bertz CT molecular complexity index is 794. The van der Waals surface area contributed by atoms with Crippen LogP contribution in [0.15, 0.2) is 51.3 Å². The van der Waals surface area contributed by atoms with E-state index >= 15 is 0 Å². The highest BCUT2D eigenvalue weighted by Crippen LogP contribution is 2.31. The molecule has 2 fully saturated rings. The van der Waals surface area contributed by atoms with Crippen LogP contribution in [0, 0.1) is 5.92 Å². The van der Waals surface area contributed by atoms with Gasteiger partial charge in [-0.15, -0.1) is 0 Å². The third-order valence-electron chi connectivity index (χ3n) is 5.67. The molecule has 1 saturated heterocycles. The predicted octanol–water partition coefficient (Wildman–Crippen LogP) is 1.62. The summed E-state index contributed by atoms with van der Waals surface area (Å²) in [4.78, 5) is 7.05. The quantitative estimate of drug-likeness (QED) is 0.574. The number of dihydropyridines is 1. The number of allylic oxidation sites excluding steroid dienone is 2. The van der Waals surface area contributed by atoms with Crippen molar-refractivity contribution in [1.29, 1.82) is 0 Å². The second-order valence-electron chi connectivity index (χ2n) is 7.85. The second-order valence-corrected chi connectivity index (χ2v) is 8.29. The summed E-state index contributed by atoms with van der Waals surface area (Å²) in [7, 11) is 0. The first-order chi connectivity index (χ1) is 13.2. The summed E-state index contributed by atoms with van der Waals surface area (Å²) in [6.45, 7) is 3.38. The number of rotatable bonds is 5. The lowest BCUT2D eigenvalue weighted by atomic mass is 10.0. The third kappa shape index (κ3) is 3.58. The molecule has 1 unspecified atom stereocenters. The molecule has 0 aromatic rings. The number of hydrogen-bond donors (Lipinski definition) is 4. The van der Waals surface area contributed by atoms with Crippen molar-refractivity contribution in [1.82, 2.24) is 26.2 Å². The molecule has 0 radical (unpaired) electrons. The molecule has 0 aromatic heterocycles. The van der Waals surface area contributed by atoms with Crippen molar-refractivity contribution in [3.05, 3.63) is 46.3 Å². The zero-order valence-corrected chi connectivity index (χ0v) is 15.8. The standard InChI is InChI=1S/C19H24ClFN6/c20-12-5-14-15(7-23-17(14)22-6-12)18-24-8-16(21)19(26-18)25-13-3-4-27(10-13)9-11-1-2-11/h5-7,11,13,17,22-23,25H,1-4,8-10H2,(H,24,26)/t13-,17?/m0/s1. The Morgan fingerprint density at radius 1 is 1.26 bits per heavy atom. The lowest BCUT2D eigenvalue weighted by molar-refractivity contribution is 0.316. The zero-order chi connectivity index (χ0) is 18.4. The van der Waals surface area contributed by atoms with Crippen molar-refractivity contribution in [2.45, 2.75) is 31.5 Å². The summed E-state index contributed by atoms with van der Waals surface area (Å²) < 4.78 is 14.4. The maximum Gasteiger partial charge on any atom is 0.162 e. The predicted molar refractivity (Wildman–Crippen MR) is 104 cm³/mol. The molecular formula is C19H24ClFN6. The van der Waals surface area contributed by atoms with E-state index in [1.807, 2.05) is 12.3 Å². The van der Waals surface area contributed by atoms with Crippen LogP contribution in [0.5, 0.6) is 0 Å². The van der Waals surface area contributed by atoms with Crippen LogP contribution in [-0.2, 0) is 0 Å². The van der Waals surface area contributed by atoms with Gasteiger partial charge in [-0.25, -0.2) is 9.38 Å². The van der Waals surface area contributed by atoms with Crippen LogP contribution in [0.2, 0.25) is 0 Å². The maximum absolute atomic E-state index is 14.4. The van der Waals surface area contributed by atoms with Crippen LogP contribution in [0.4, 0.5) is 4.39 Å². The van der Waals surface area contributed by atoms with Crippen LogP contribution in [0.1, 0.15) is 19.3 Å². The molecule has 5 rings (SSSR count). The van der Waals surface area contributed by atoms with Gasteiger partial charge >= 0.3 is 0 Å². The van der Waals surface area contributed by atoms with Crippen LogP contribution in [0.25, 0.3) is 0 Å². The van der Waals surface area contributed by atoms with Crippen LogP contribution in [-0.4, -0.2) is 49.1 Å². The van der Waals surface area contributed by atoms with E-state index in [9.17, 15) is 4.39 Å². The van der Waals surface area contributed by atoms with E-state index in [1.165, 1.54) is 19.4 Å². The van der Waals surface area contributed by atoms with Gasteiger partial charge in [0.05, 0.1) is 11.6 Å². The minimum absolute atomic E-state index is 0.0232. The monoisotopic (exact) mass is 390 g/mol. The smallest absolute Gasteiger partial charge is 0.162 e. The molecule has 0 spiro atoms. The molecule has 27 heavy (non-hydrogen) atoms. The van der Waals surface area contributed by atoms with E-state index in [0.29, 0.717) is 16.7 Å². The van der Waals surface area contributed by atoms with Gasteiger partial charge in [0.2, 0.25) is 0 Å². The van der Waals surface area contributed by atoms with Crippen molar-refractivity contribution in [2.75, 3.05) is 26.2 Å². The van der Waals surface area contributed by atoms with Crippen LogP contribution in [0.3, 0.4) is 0 Å². The number of halogens is 2. The highest BCUT2D eigenvalue weighted by atomic mass is 35.5. The lowest BCUT2D eigenvalue weighted by Gasteiger charge is -2.24. The molecule has 1 aliphatic carbocycles. The van der Waals surface area contributed by atoms with E-state index in [-0.39, 0.29) is 24.6 Å². The average Bonchev–Trinajstić information content (AvgIpc) is 3.20. The topological polar surface area (TPSA) is 63.7 Å². The first-order valence-electron chi connectivity index (χ1n) is 9.66. The number of nitrogens with one attached hydrogen (secondary N) is 4. The van der Waals surface area contributed by atoms with E-state index < -0.39 is 0 Å². The van der Waals surface area contributed by atoms with Gasteiger partial charge in [0, 0.05) is 49.2 Å². The molecule has 4 aliphatic heterocycles. The minimum atomic E-state index is -0.240. The minimum Gasteiger partial charge on any atom is -0.367 e. The summed E-state index contributed by atoms with van der Waals surface area (Å²) in [5.74, 6) is 1.67. The fraction of sp³-hybridized carbons (Fsp3) is 0.526. The molecule has 0 bridgehead atoms. The number of nitrogens with zero attached hydrogens (tertiary/aromatic N) is 2. The lowest BCUT2D eigenvalue weighted by Crippen LogP contribution is -2.39. The van der Waals surface area contributed by atoms with Gasteiger partial charge in [0.1, 0.15) is 12.0 Å². The van der Waals surface area contributed by atoms with E-state index in [1.54, 1.807) is 6.20 Å². The van der Waals surface area contributed by atoms with E-state index in [0.717, 1.165) is 36.6 Å². The van der Waals surface area contributed by atoms with Gasteiger partial charge in [-0.3, -0.25) is 0 Å². The van der Waals surface area contributed by atoms with Crippen LogP contribution >= 0.6 is 11.6 Å². The summed E-state index contributed by atoms with van der Waals surface area (Å²) in [5, 5.41) is 13.5. The SMILES string of the molecule is FC1=C(N[C@H]2CCN(CC3CC3)C2)N=C(C2=CNC3NC=C(Cl)C=C23)NC1. The Balaban J connectivity index is 1.29. The number of fused-ring (bicyclic) bond motifs is 1. The Hall–Kier alpha value is -1.99. The molecule has 8 heteroatoms. The zero-order valence-electron chi connectivity index (χ0n) is 15.1. The van der Waals surface area contributed by atoms with Gasteiger partial charge in [-0.2, -0.15) is 0 Å². The van der Waals surface area contributed by atoms with Gasteiger partial charge in [-0.1, -0.05) is 11.6 Å². The van der Waals surface area contributed by atoms with Crippen molar-refractivity contribution in [3.8, 4) is 0 Å². The number of hydrogen-bond acceptors (Lipinski definition) is 6. The van der Waals surface area contributed by atoms with Crippen molar-refractivity contribution < 1.29 is 4.39 Å². The normalized spacial score (nSPS) is 30.4. The Kier molecular flexibility index (Phi) is 4.36. The highest BCUT2D eigenvalue weighted by molar-refractivity contribution is 6.31. The number of amidine groups is 1. The molecule has 4 N–H and O–H groups in total. The number of likely N-dealkylation sites (tertiary alicyclic amines) is 1. The van der Waals surface area contributed by atoms with E-state index in [4.69, 9.17) is 11.6 Å². The second kappa shape index (κ2) is 6.87. The molecule has 0 aromatic carbocycles. The summed E-state index contributed by atoms with van der Waals surface area (Å²) in [5.41, 5.74) is 1.92. The molecule has 2 atom stereocenters. The van der Waals surface area contributed by atoms with Gasteiger partial charge in [0.15, 0.2) is 11.6 Å². The first-order valence-corrected chi connectivity index (χ1v) is 10.0. The molecule has 5 aliphatic rings.